The van der Waals surface area contributed by atoms with Gasteiger partial charge < -0.3 is 10.5 Å². The Bertz CT molecular complexity index is 823. The van der Waals surface area contributed by atoms with Crippen LogP contribution in [0.5, 0.6) is 0 Å². The van der Waals surface area contributed by atoms with Crippen LogP contribution in [0, 0.1) is 6.92 Å². The molecule has 0 unspecified atom stereocenters. The van der Waals surface area contributed by atoms with Crippen LogP contribution in [0.25, 0.3) is 11.1 Å². The second-order valence-electron chi connectivity index (χ2n) is 7.44. The molecule has 0 aliphatic heterocycles. The van der Waals surface area contributed by atoms with Gasteiger partial charge in [-0.05, 0) is 73.0 Å². The molecule has 0 atom stereocenters. The van der Waals surface area contributed by atoms with Crippen molar-refractivity contribution in [2.75, 3.05) is 13.2 Å². The van der Waals surface area contributed by atoms with Crippen LogP contribution >= 0.6 is 0 Å². The number of carbonyl (C=O) groups excluding carboxylic acids is 1. The molecule has 0 heterocycles. The van der Waals surface area contributed by atoms with E-state index in [1.165, 1.54) is 33.4 Å². The lowest BCUT2D eigenvalue weighted by Gasteiger charge is -2.14. The van der Waals surface area contributed by atoms with Crippen LogP contribution in [0.4, 0.5) is 0 Å². The van der Waals surface area contributed by atoms with Crippen molar-refractivity contribution in [2.24, 2.45) is 5.73 Å². The monoisotopic (exact) mass is 379 g/mol. The molecular weight excluding hydrogens is 346 g/mol. The van der Waals surface area contributed by atoms with Crippen LogP contribution in [-0.4, -0.2) is 19.1 Å². The van der Waals surface area contributed by atoms with Crippen molar-refractivity contribution >= 4 is 5.97 Å². The molecule has 0 radical (unpaired) electrons. The van der Waals surface area contributed by atoms with E-state index < -0.39 is 0 Å². The SMILES string of the molecule is C=C(C)C(=O)OCCc1cc(-c2ccc(CCC)cc2C)ccc1CCCN. The van der Waals surface area contributed by atoms with Gasteiger partial charge in [0, 0.05) is 12.0 Å². The molecule has 0 fully saturated rings. The first-order valence-electron chi connectivity index (χ1n) is 10.2. The molecule has 0 aliphatic rings. The molecular formula is C25H33NO2. The van der Waals surface area contributed by atoms with Crippen LogP contribution < -0.4 is 5.73 Å². The summed E-state index contributed by atoms with van der Waals surface area (Å²) < 4.78 is 5.32. The quantitative estimate of drug-likeness (QED) is 0.458. The van der Waals surface area contributed by atoms with Gasteiger partial charge in [0.25, 0.3) is 0 Å². The van der Waals surface area contributed by atoms with E-state index in [1.54, 1.807) is 6.92 Å². The zero-order valence-corrected chi connectivity index (χ0v) is 17.5. The molecule has 0 bridgehead atoms. The van der Waals surface area contributed by atoms with E-state index in [4.69, 9.17) is 10.5 Å². The molecule has 150 valence electrons. The lowest BCUT2D eigenvalue weighted by atomic mass is 9.92. The van der Waals surface area contributed by atoms with Crippen LogP contribution in [0.1, 0.15) is 48.9 Å². The Balaban J connectivity index is 2.26. The Labute approximate surface area is 169 Å². The number of hydrogen-bond acceptors (Lipinski definition) is 3. The Morgan fingerprint density at radius 1 is 1.07 bits per heavy atom. The highest BCUT2D eigenvalue weighted by Crippen LogP contribution is 2.28. The standard InChI is InChI=1S/C25H33NO2/c1-5-7-20-9-12-24(19(4)16-20)23-11-10-21(8-6-14-26)22(17-23)13-15-28-25(27)18(2)3/h9-12,16-17H,2,5-8,13-15,26H2,1,3-4H3. The number of aryl methyl sites for hydroxylation is 3. The van der Waals surface area contributed by atoms with Gasteiger partial charge in [-0.1, -0.05) is 56.3 Å². The molecule has 0 aromatic heterocycles. The molecule has 3 nitrogen and oxygen atoms in total. The Hall–Kier alpha value is -2.39. The number of benzene rings is 2. The summed E-state index contributed by atoms with van der Waals surface area (Å²) in [4.78, 5) is 11.7. The van der Waals surface area contributed by atoms with Gasteiger partial charge >= 0.3 is 5.97 Å². The van der Waals surface area contributed by atoms with Gasteiger partial charge in [0.15, 0.2) is 0 Å². The lowest BCUT2D eigenvalue weighted by Crippen LogP contribution is -2.10. The fourth-order valence-corrected chi connectivity index (χ4v) is 3.43. The summed E-state index contributed by atoms with van der Waals surface area (Å²) in [6.07, 6.45) is 4.84. The summed E-state index contributed by atoms with van der Waals surface area (Å²) in [6.45, 7) is 10.7. The normalized spacial score (nSPS) is 10.7. The highest BCUT2D eigenvalue weighted by Gasteiger charge is 2.10. The summed E-state index contributed by atoms with van der Waals surface area (Å²) in [5, 5.41) is 0. The number of nitrogens with two attached hydrogens (primary N) is 1. The Morgan fingerprint density at radius 2 is 1.86 bits per heavy atom. The van der Waals surface area contributed by atoms with Gasteiger partial charge in [0.1, 0.15) is 0 Å². The molecule has 2 N–H and O–H groups in total. The molecule has 2 rings (SSSR count). The average Bonchev–Trinajstić information content (AvgIpc) is 2.67. The topological polar surface area (TPSA) is 52.3 Å². The molecule has 2 aromatic carbocycles. The summed E-state index contributed by atoms with van der Waals surface area (Å²) >= 11 is 0. The number of ether oxygens (including phenoxy) is 1. The minimum Gasteiger partial charge on any atom is -0.462 e. The maximum atomic E-state index is 11.7. The predicted molar refractivity (Wildman–Crippen MR) is 117 cm³/mol. The predicted octanol–water partition coefficient (Wildman–Crippen LogP) is 5.17. The van der Waals surface area contributed by atoms with Gasteiger partial charge in [0.2, 0.25) is 0 Å². The van der Waals surface area contributed by atoms with Crippen LogP contribution in [0.2, 0.25) is 0 Å². The number of carbonyl (C=O) groups is 1. The molecule has 3 heteroatoms. The molecule has 0 spiro atoms. The van der Waals surface area contributed by atoms with Gasteiger partial charge in [-0.25, -0.2) is 4.79 Å². The fraction of sp³-hybridized carbons (Fsp3) is 0.400. The zero-order chi connectivity index (χ0) is 20.5. The summed E-state index contributed by atoms with van der Waals surface area (Å²) in [5.74, 6) is -0.331. The summed E-state index contributed by atoms with van der Waals surface area (Å²) in [7, 11) is 0. The van der Waals surface area contributed by atoms with Crippen molar-refractivity contribution < 1.29 is 9.53 Å². The van der Waals surface area contributed by atoms with Crippen molar-refractivity contribution in [3.05, 3.63) is 70.8 Å². The molecule has 2 aromatic rings. The van der Waals surface area contributed by atoms with Crippen molar-refractivity contribution in [3.8, 4) is 11.1 Å². The average molecular weight is 380 g/mol. The van der Waals surface area contributed by atoms with Crippen LogP contribution in [0.3, 0.4) is 0 Å². The highest BCUT2D eigenvalue weighted by molar-refractivity contribution is 5.86. The van der Waals surface area contributed by atoms with E-state index in [9.17, 15) is 4.79 Å². The van der Waals surface area contributed by atoms with Crippen molar-refractivity contribution in [3.63, 3.8) is 0 Å². The van der Waals surface area contributed by atoms with Gasteiger partial charge in [-0.3, -0.25) is 0 Å². The molecule has 0 amide bonds. The van der Waals surface area contributed by atoms with Gasteiger partial charge in [-0.15, -0.1) is 0 Å². The van der Waals surface area contributed by atoms with E-state index in [1.807, 2.05) is 0 Å². The minimum atomic E-state index is -0.331. The van der Waals surface area contributed by atoms with E-state index in [-0.39, 0.29) is 5.97 Å². The third-order valence-electron chi connectivity index (χ3n) is 4.95. The first kappa shape index (κ1) is 21.9. The highest BCUT2D eigenvalue weighted by atomic mass is 16.5. The maximum Gasteiger partial charge on any atom is 0.333 e. The van der Waals surface area contributed by atoms with Crippen molar-refractivity contribution in [1.82, 2.24) is 0 Å². The van der Waals surface area contributed by atoms with Crippen LogP contribution in [-0.2, 0) is 28.8 Å². The van der Waals surface area contributed by atoms with Crippen molar-refractivity contribution in [1.29, 1.82) is 0 Å². The second-order valence-corrected chi connectivity index (χ2v) is 7.44. The first-order valence-corrected chi connectivity index (χ1v) is 10.2. The largest absolute Gasteiger partial charge is 0.462 e. The number of rotatable bonds is 10. The minimum absolute atomic E-state index is 0.331. The summed E-state index contributed by atoms with van der Waals surface area (Å²) in [6, 6.07) is 13.4. The number of hydrogen-bond donors (Lipinski definition) is 1. The van der Waals surface area contributed by atoms with Crippen LogP contribution in [0.15, 0.2) is 48.6 Å². The third kappa shape index (κ3) is 6.07. The van der Waals surface area contributed by atoms with E-state index >= 15 is 0 Å². The molecule has 0 aliphatic carbocycles. The summed E-state index contributed by atoms with van der Waals surface area (Å²) in [5.41, 5.74) is 13.8. The Kier molecular flexibility index (Phi) is 8.46. The number of esters is 1. The molecule has 0 saturated heterocycles. The van der Waals surface area contributed by atoms with E-state index in [0.29, 0.717) is 25.1 Å². The smallest absolute Gasteiger partial charge is 0.333 e. The third-order valence-corrected chi connectivity index (χ3v) is 4.95. The van der Waals surface area contributed by atoms with E-state index in [0.717, 1.165) is 25.7 Å². The molecule has 28 heavy (non-hydrogen) atoms. The van der Waals surface area contributed by atoms with Gasteiger partial charge in [0.05, 0.1) is 6.61 Å². The first-order chi connectivity index (χ1) is 13.5. The van der Waals surface area contributed by atoms with E-state index in [2.05, 4.69) is 56.8 Å². The maximum absolute atomic E-state index is 11.7. The lowest BCUT2D eigenvalue weighted by molar-refractivity contribution is -0.138. The zero-order valence-electron chi connectivity index (χ0n) is 17.5. The Morgan fingerprint density at radius 3 is 2.50 bits per heavy atom. The fourth-order valence-electron chi connectivity index (χ4n) is 3.43. The molecule has 0 saturated carbocycles. The second kappa shape index (κ2) is 10.8. The van der Waals surface area contributed by atoms with Gasteiger partial charge in [-0.2, -0.15) is 0 Å². The van der Waals surface area contributed by atoms with Crippen molar-refractivity contribution in [2.45, 2.75) is 52.9 Å².